The number of halogens is 1. The van der Waals surface area contributed by atoms with Crippen LogP contribution in [0.5, 0.6) is 0 Å². The second-order valence-electron chi connectivity index (χ2n) is 11.6. The maximum Gasteiger partial charge on any atom is 0.255 e. The molecule has 5 unspecified atom stereocenters. The van der Waals surface area contributed by atoms with Crippen molar-refractivity contribution in [2.45, 2.75) is 75.7 Å². The van der Waals surface area contributed by atoms with Crippen molar-refractivity contribution in [3.63, 3.8) is 0 Å². The number of allylic oxidation sites excluding steroid dienone is 2. The first-order chi connectivity index (χ1) is 17.1. The summed E-state index contributed by atoms with van der Waals surface area (Å²) in [6.07, 6.45) is 10.2. The zero-order valence-corrected chi connectivity index (χ0v) is 21.6. The van der Waals surface area contributed by atoms with Gasteiger partial charge in [0, 0.05) is 17.5 Å². The van der Waals surface area contributed by atoms with E-state index in [0.29, 0.717) is 31.1 Å². The number of aliphatic hydroxyl groups is 2. The first-order valence-electron chi connectivity index (χ1n) is 13.4. The summed E-state index contributed by atoms with van der Waals surface area (Å²) in [7, 11) is 3.75. The molecule has 6 rings (SSSR count). The molecule has 2 fully saturated rings. The van der Waals surface area contributed by atoms with Gasteiger partial charge in [-0.2, -0.15) is 0 Å². The van der Waals surface area contributed by atoms with E-state index >= 15 is 4.39 Å². The Morgan fingerprint density at radius 1 is 1.11 bits per heavy atom. The molecule has 0 aliphatic heterocycles. The molecule has 4 aliphatic rings. The predicted molar refractivity (Wildman–Crippen MR) is 142 cm³/mol. The Balaban J connectivity index is 0.000000848. The van der Waals surface area contributed by atoms with E-state index in [1.165, 1.54) is 0 Å². The van der Waals surface area contributed by atoms with Crippen LogP contribution in [-0.2, 0) is 0 Å². The summed E-state index contributed by atoms with van der Waals surface area (Å²) in [5, 5.41) is 26.6. The summed E-state index contributed by atoms with van der Waals surface area (Å²) < 4.78 is 16.7. The van der Waals surface area contributed by atoms with E-state index in [0.717, 1.165) is 41.4 Å². The molecule has 0 bridgehead atoms. The Bertz CT molecular complexity index is 1270. The van der Waals surface area contributed by atoms with E-state index in [9.17, 15) is 15.0 Å². The quantitative estimate of drug-likeness (QED) is 0.426. The highest BCUT2D eigenvalue weighted by Crippen LogP contribution is 2.65. The molecule has 0 amide bonds. The average molecular weight is 495 g/mol. The summed E-state index contributed by atoms with van der Waals surface area (Å²) in [6.45, 7) is 2.19. The van der Waals surface area contributed by atoms with Crippen molar-refractivity contribution in [2.24, 2.45) is 17.3 Å². The van der Waals surface area contributed by atoms with Crippen molar-refractivity contribution < 1.29 is 14.6 Å². The van der Waals surface area contributed by atoms with E-state index in [-0.39, 0.29) is 29.2 Å². The topological polar surface area (TPSA) is 85.3 Å². The van der Waals surface area contributed by atoms with Gasteiger partial charge in [-0.1, -0.05) is 24.6 Å². The molecule has 1 heterocycles. The van der Waals surface area contributed by atoms with Gasteiger partial charge in [-0.25, -0.2) is 4.39 Å². The van der Waals surface area contributed by atoms with Gasteiger partial charge in [-0.15, -0.1) is 0 Å². The molecule has 1 aromatic heterocycles. The maximum absolute atomic E-state index is 16.7. The summed E-state index contributed by atoms with van der Waals surface area (Å²) >= 11 is 0. The largest absolute Gasteiger partial charge is 0.393 e. The van der Waals surface area contributed by atoms with E-state index in [1.54, 1.807) is 12.3 Å². The highest BCUT2D eigenvalue weighted by molar-refractivity contribution is 5.87. The van der Waals surface area contributed by atoms with Gasteiger partial charge in [0.15, 0.2) is 5.67 Å². The third-order valence-electron chi connectivity index (χ3n) is 9.46. The third kappa shape index (κ3) is 3.89. The van der Waals surface area contributed by atoms with Crippen LogP contribution >= 0.6 is 0 Å². The first kappa shape index (κ1) is 25.4. The van der Waals surface area contributed by atoms with Crippen molar-refractivity contribution in [3.8, 4) is 0 Å². The summed E-state index contributed by atoms with van der Waals surface area (Å²) in [6, 6.07) is 7.81. The number of H-pyrrole nitrogens is 1. The Hall–Kier alpha value is -2.28. The lowest BCUT2D eigenvalue weighted by molar-refractivity contribution is -0.172. The molecular weight excluding hydrogens is 455 g/mol. The van der Waals surface area contributed by atoms with Crippen LogP contribution < -0.4 is 10.9 Å². The van der Waals surface area contributed by atoms with Gasteiger partial charge in [0.25, 0.3) is 5.56 Å². The second-order valence-corrected chi connectivity index (χ2v) is 11.6. The zero-order chi connectivity index (χ0) is 25.7. The molecular formula is C30H39FN2O3. The monoisotopic (exact) mass is 494 g/mol. The third-order valence-corrected chi connectivity index (χ3v) is 9.46. The Kier molecular flexibility index (Phi) is 6.51. The molecule has 2 aromatic rings. The summed E-state index contributed by atoms with van der Waals surface area (Å²) in [4.78, 5) is 14.9. The van der Waals surface area contributed by atoms with Crippen LogP contribution in [0.1, 0.15) is 63.9 Å². The van der Waals surface area contributed by atoms with E-state index in [2.05, 4.69) is 29.4 Å². The molecule has 6 atom stereocenters. The Morgan fingerprint density at radius 2 is 1.89 bits per heavy atom. The van der Waals surface area contributed by atoms with Crippen LogP contribution in [0.2, 0.25) is 0 Å². The molecule has 0 radical (unpaired) electrons. The van der Waals surface area contributed by atoms with Gasteiger partial charge in [0.05, 0.1) is 6.10 Å². The number of hydrogen-bond acceptors (Lipinski definition) is 4. The number of benzene rings is 1. The molecule has 194 valence electrons. The van der Waals surface area contributed by atoms with Gasteiger partial charge in [-0.3, -0.25) is 4.79 Å². The minimum absolute atomic E-state index is 0.101. The fraction of sp³-hybridized carbons (Fsp3) is 0.567. The van der Waals surface area contributed by atoms with Crippen molar-refractivity contribution in [1.29, 1.82) is 0 Å². The zero-order valence-electron chi connectivity index (χ0n) is 21.6. The molecule has 0 saturated heterocycles. The lowest BCUT2D eigenvalue weighted by Gasteiger charge is -2.55. The van der Waals surface area contributed by atoms with E-state index in [1.807, 2.05) is 32.3 Å². The number of hydrogen-bond donors (Lipinski definition) is 4. The number of pyridine rings is 1. The van der Waals surface area contributed by atoms with Crippen molar-refractivity contribution >= 4 is 16.3 Å². The second kappa shape index (κ2) is 9.23. The molecule has 5 nitrogen and oxygen atoms in total. The molecule has 1 aromatic carbocycles. The minimum atomic E-state index is -1.75. The highest BCUT2D eigenvalue weighted by atomic mass is 19.1. The molecule has 2 saturated carbocycles. The highest BCUT2D eigenvalue weighted by Gasteiger charge is 2.65. The van der Waals surface area contributed by atoms with Crippen LogP contribution in [0, 0.1) is 17.3 Å². The standard InChI is InChI=1S/C28H32FNO3.C2H7N/c1-26-11-12-27(29)16-20-15-21(31)4-2-17(20)8-10-28(27,33)24(26)7-6-23(26)19-3-5-22-18(14-19)9-13-30-25(22)32;1-3-2/h3,5-6,9,13-14,16-17,21,24,31,33H,2,4,7-8,10-12,15H2,1H3,(H,30,32);3H,1-2H3/t17?,21?,24?,26?,27?,28-;/m0./s1. The molecule has 4 N–H and O–H groups in total. The molecule has 6 heteroatoms. The number of alkyl halides is 1. The van der Waals surface area contributed by atoms with Crippen LogP contribution in [-0.4, -0.2) is 46.7 Å². The van der Waals surface area contributed by atoms with Gasteiger partial charge in [-0.05, 0) is 118 Å². The van der Waals surface area contributed by atoms with Crippen molar-refractivity contribution in [3.05, 3.63) is 64.1 Å². The number of fused-ring (bicyclic) bond motifs is 5. The number of aliphatic hydroxyl groups excluding tert-OH is 1. The molecule has 36 heavy (non-hydrogen) atoms. The van der Waals surface area contributed by atoms with Crippen LogP contribution in [0.4, 0.5) is 4.39 Å². The number of rotatable bonds is 1. The molecule has 0 spiro atoms. The van der Waals surface area contributed by atoms with Crippen LogP contribution in [0.25, 0.3) is 16.3 Å². The van der Waals surface area contributed by atoms with Gasteiger partial charge in [0.1, 0.15) is 5.60 Å². The summed E-state index contributed by atoms with van der Waals surface area (Å²) in [5.41, 5.74) is -0.365. The first-order valence-corrected chi connectivity index (χ1v) is 13.4. The van der Waals surface area contributed by atoms with Gasteiger partial charge >= 0.3 is 0 Å². The average Bonchev–Trinajstić information content (AvgIpc) is 3.15. The van der Waals surface area contributed by atoms with Gasteiger partial charge < -0.3 is 20.5 Å². The Morgan fingerprint density at radius 3 is 2.67 bits per heavy atom. The van der Waals surface area contributed by atoms with Crippen molar-refractivity contribution in [2.75, 3.05) is 14.1 Å². The fourth-order valence-corrected chi connectivity index (χ4v) is 7.60. The van der Waals surface area contributed by atoms with Gasteiger partial charge in [0.2, 0.25) is 0 Å². The summed E-state index contributed by atoms with van der Waals surface area (Å²) in [5.74, 6) is 0.0740. The number of aromatic amines is 1. The SMILES string of the molecule is CC12CCC3(F)C=C4CC(O)CCC4CC[C@]3(O)C1CC=C2c1ccc2c(=O)[nH]ccc2c1.CNC. The minimum Gasteiger partial charge on any atom is -0.393 e. The fourth-order valence-electron chi connectivity index (χ4n) is 7.60. The van der Waals surface area contributed by atoms with Crippen LogP contribution in [0.3, 0.4) is 0 Å². The van der Waals surface area contributed by atoms with E-state index in [4.69, 9.17) is 0 Å². The van der Waals surface area contributed by atoms with Crippen LogP contribution in [0.15, 0.2) is 53.0 Å². The molecule has 4 aliphatic carbocycles. The van der Waals surface area contributed by atoms with E-state index < -0.39 is 17.4 Å². The maximum atomic E-state index is 16.7. The number of aromatic nitrogens is 1. The smallest absolute Gasteiger partial charge is 0.255 e. The van der Waals surface area contributed by atoms with Crippen molar-refractivity contribution in [1.82, 2.24) is 10.3 Å². The predicted octanol–water partition coefficient (Wildman–Crippen LogP) is 4.89. The number of nitrogens with one attached hydrogen (secondary N) is 2. The lowest BCUT2D eigenvalue weighted by Crippen LogP contribution is -2.61. The lowest BCUT2D eigenvalue weighted by atomic mass is 9.53. The Labute approximate surface area is 212 Å². The normalized spacial score (nSPS) is 37.4.